The zero-order valence-corrected chi connectivity index (χ0v) is 13.7. The highest BCUT2D eigenvalue weighted by atomic mass is 79.9. The van der Waals surface area contributed by atoms with Crippen LogP contribution in [0.5, 0.6) is 0 Å². The maximum Gasteiger partial charge on any atom is 0.0294 e. The van der Waals surface area contributed by atoms with Crippen molar-refractivity contribution in [2.45, 2.75) is 64.5 Å². The van der Waals surface area contributed by atoms with Crippen LogP contribution in [0.15, 0.2) is 28.7 Å². The molecule has 2 rings (SSSR count). The van der Waals surface area contributed by atoms with Gasteiger partial charge in [-0.3, -0.25) is 0 Å². The number of rotatable bonds is 5. The van der Waals surface area contributed by atoms with Crippen LogP contribution in [0.3, 0.4) is 0 Å². The van der Waals surface area contributed by atoms with Crippen LogP contribution in [0.25, 0.3) is 0 Å². The normalized spacial score (nSPS) is 25.2. The van der Waals surface area contributed by atoms with Crippen LogP contribution in [0.1, 0.15) is 64.0 Å². The summed E-state index contributed by atoms with van der Waals surface area (Å²) in [6, 6.07) is 9.86. The molecule has 1 nitrogen and oxygen atoms in total. The lowest BCUT2D eigenvalue weighted by atomic mass is 9.83. The molecule has 2 heteroatoms. The zero-order valence-electron chi connectivity index (χ0n) is 12.2. The zero-order chi connectivity index (χ0) is 13.7. The third kappa shape index (κ3) is 4.61. The molecule has 0 heterocycles. The van der Waals surface area contributed by atoms with Gasteiger partial charge in [0.1, 0.15) is 0 Å². The Bertz CT molecular complexity index is 365. The molecule has 19 heavy (non-hydrogen) atoms. The van der Waals surface area contributed by atoms with E-state index in [1.807, 2.05) is 0 Å². The van der Waals surface area contributed by atoms with Crippen molar-refractivity contribution in [1.29, 1.82) is 0 Å². The summed E-state index contributed by atoms with van der Waals surface area (Å²) in [5.41, 5.74) is 1.39. The molecule has 1 aliphatic rings. The molecule has 1 fully saturated rings. The molecular weight excluding hydrogens is 298 g/mol. The first-order valence-corrected chi connectivity index (χ1v) is 8.50. The second kappa shape index (κ2) is 7.44. The minimum atomic E-state index is 0.459. The molecule has 0 unspecified atom stereocenters. The third-order valence-corrected chi connectivity index (χ3v) is 4.93. The Morgan fingerprint density at radius 2 is 1.79 bits per heavy atom. The SMILES string of the molecule is CCCC1CCC(N[C@H](C)c2ccc(Br)cc2)CC1. The van der Waals surface area contributed by atoms with E-state index in [4.69, 9.17) is 0 Å². The van der Waals surface area contributed by atoms with Crippen LogP contribution in [0, 0.1) is 5.92 Å². The lowest BCUT2D eigenvalue weighted by Gasteiger charge is -2.31. The van der Waals surface area contributed by atoms with E-state index in [9.17, 15) is 0 Å². The fourth-order valence-electron chi connectivity index (χ4n) is 3.23. The van der Waals surface area contributed by atoms with E-state index in [-0.39, 0.29) is 0 Å². The number of benzene rings is 1. The van der Waals surface area contributed by atoms with Crippen molar-refractivity contribution in [3.8, 4) is 0 Å². The Balaban J connectivity index is 1.80. The van der Waals surface area contributed by atoms with Crippen molar-refractivity contribution in [1.82, 2.24) is 5.32 Å². The largest absolute Gasteiger partial charge is 0.307 e. The first kappa shape index (κ1) is 15.1. The summed E-state index contributed by atoms with van der Waals surface area (Å²) in [5, 5.41) is 3.80. The van der Waals surface area contributed by atoms with E-state index in [2.05, 4.69) is 59.4 Å². The Labute approximate surface area is 126 Å². The van der Waals surface area contributed by atoms with E-state index in [1.54, 1.807) is 0 Å². The van der Waals surface area contributed by atoms with Crippen molar-refractivity contribution < 1.29 is 0 Å². The maximum absolute atomic E-state index is 3.80. The fraction of sp³-hybridized carbons (Fsp3) is 0.647. The van der Waals surface area contributed by atoms with E-state index in [0.717, 1.165) is 10.4 Å². The molecule has 0 spiro atoms. The maximum atomic E-state index is 3.80. The summed E-state index contributed by atoms with van der Waals surface area (Å²) in [5.74, 6) is 0.992. The average molecular weight is 324 g/mol. The van der Waals surface area contributed by atoms with Crippen molar-refractivity contribution in [3.05, 3.63) is 34.3 Å². The van der Waals surface area contributed by atoms with Crippen LogP contribution in [0.4, 0.5) is 0 Å². The van der Waals surface area contributed by atoms with Gasteiger partial charge in [-0.05, 0) is 56.2 Å². The Kier molecular flexibility index (Phi) is 5.90. The van der Waals surface area contributed by atoms with Gasteiger partial charge in [-0.1, -0.05) is 47.8 Å². The van der Waals surface area contributed by atoms with E-state index < -0.39 is 0 Å². The molecule has 1 saturated carbocycles. The third-order valence-electron chi connectivity index (χ3n) is 4.40. The summed E-state index contributed by atoms with van der Waals surface area (Å²) in [6.07, 6.45) is 8.31. The highest BCUT2D eigenvalue weighted by Crippen LogP contribution is 2.29. The van der Waals surface area contributed by atoms with E-state index in [0.29, 0.717) is 12.1 Å². The minimum Gasteiger partial charge on any atom is -0.307 e. The minimum absolute atomic E-state index is 0.459. The van der Waals surface area contributed by atoms with Gasteiger partial charge in [0.15, 0.2) is 0 Å². The van der Waals surface area contributed by atoms with Crippen LogP contribution in [0.2, 0.25) is 0 Å². The predicted octanol–water partition coefficient (Wildman–Crippen LogP) is 5.46. The van der Waals surface area contributed by atoms with Gasteiger partial charge in [0.2, 0.25) is 0 Å². The quantitative estimate of drug-likeness (QED) is 0.758. The van der Waals surface area contributed by atoms with Gasteiger partial charge in [-0.25, -0.2) is 0 Å². The fourth-order valence-corrected chi connectivity index (χ4v) is 3.49. The second-order valence-electron chi connectivity index (χ2n) is 5.95. The molecule has 0 amide bonds. The summed E-state index contributed by atoms with van der Waals surface area (Å²) in [7, 11) is 0. The molecule has 0 saturated heterocycles. The highest BCUT2D eigenvalue weighted by molar-refractivity contribution is 9.10. The molecule has 1 aromatic rings. The smallest absolute Gasteiger partial charge is 0.0294 e. The number of halogens is 1. The standard InChI is InChI=1S/C17H26BrN/c1-3-4-14-5-11-17(12-6-14)19-13(2)15-7-9-16(18)10-8-15/h7-10,13-14,17,19H,3-6,11-12H2,1-2H3/t13-,14?,17?/m1/s1. The van der Waals surface area contributed by atoms with Gasteiger partial charge in [0.25, 0.3) is 0 Å². The highest BCUT2D eigenvalue weighted by Gasteiger charge is 2.21. The van der Waals surface area contributed by atoms with Gasteiger partial charge in [-0.15, -0.1) is 0 Å². The molecule has 1 atom stereocenters. The first-order chi connectivity index (χ1) is 9.19. The molecule has 106 valence electrons. The van der Waals surface area contributed by atoms with Gasteiger partial charge in [0, 0.05) is 16.6 Å². The van der Waals surface area contributed by atoms with Crippen LogP contribution < -0.4 is 5.32 Å². The first-order valence-electron chi connectivity index (χ1n) is 7.70. The van der Waals surface area contributed by atoms with Crippen molar-refractivity contribution in [2.75, 3.05) is 0 Å². The number of nitrogens with one attached hydrogen (secondary N) is 1. The van der Waals surface area contributed by atoms with Gasteiger partial charge in [-0.2, -0.15) is 0 Å². The van der Waals surface area contributed by atoms with Crippen LogP contribution >= 0.6 is 15.9 Å². The Hall–Kier alpha value is -0.340. The monoisotopic (exact) mass is 323 g/mol. The average Bonchev–Trinajstić information content (AvgIpc) is 2.42. The molecule has 0 aliphatic heterocycles. The second-order valence-corrected chi connectivity index (χ2v) is 6.86. The molecule has 1 aromatic carbocycles. The van der Waals surface area contributed by atoms with Crippen molar-refractivity contribution in [2.24, 2.45) is 5.92 Å². The van der Waals surface area contributed by atoms with Crippen LogP contribution in [-0.4, -0.2) is 6.04 Å². The van der Waals surface area contributed by atoms with Crippen molar-refractivity contribution in [3.63, 3.8) is 0 Å². The van der Waals surface area contributed by atoms with Gasteiger partial charge in [0.05, 0.1) is 0 Å². The van der Waals surface area contributed by atoms with E-state index >= 15 is 0 Å². The van der Waals surface area contributed by atoms with Gasteiger partial charge >= 0.3 is 0 Å². The van der Waals surface area contributed by atoms with Gasteiger partial charge < -0.3 is 5.32 Å². The lowest BCUT2D eigenvalue weighted by Crippen LogP contribution is -2.35. The summed E-state index contributed by atoms with van der Waals surface area (Å²) >= 11 is 3.49. The van der Waals surface area contributed by atoms with E-state index in [1.165, 1.54) is 44.1 Å². The topological polar surface area (TPSA) is 12.0 Å². The summed E-state index contributed by atoms with van der Waals surface area (Å²) in [6.45, 7) is 4.58. The molecule has 1 aliphatic carbocycles. The van der Waals surface area contributed by atoms with Crippen molar-refractivity contribution >= 4 is 15.9 Å². The Morgan fingerprint density at radius 1 is 1.16 bits per heavy atom. The molecule has 0 radical (unpaired) electrons. The summed E-state index contributed by atoms with van der Waals surface area (Å²) in [4.78, 5) is 0. The molecule has 1 N–H and O–H groups in total. The van der Waals surface area contributed by atoms with Crippen LogP contribution in [-0.2, 0) is 0 Å². The molecular formula is C17H26BrN. The predicted molar refractivity (Wildman–Crippen MR) is 86.3 cm³/mol. The summed E-state index contributed by atoms with van der Waals surface area (Å²) < 4.78 is 1.16. The lowest BCUT2D eigenvalue weighted by molar-refractivity contribution is 0.266. The number of hydrogen-bond acceptors (Lipinski definition) is 1. The molecule has 0 bridgehead atoms. The number of hydrogen-bond donors (Lipinski definition) is 1. The molecule has 0 aromatic heterocycles. The Morgan fingerprint density at radius 3 is 2.37 bits per heavy atom.